The zero-order valence-electron chi connectivity index (χ0n) is 23.9. The highest BCUT2D eigenvalue weighted by molar-refractivity contribution is 5.76. The van der Waals surface area contributed by atoms with E-state index in [2.05, 4.69) is 13.8 Å². The summed E-state index contributed by atoms with van der Waals surface area (Å²) >= 11 is 0. The second-order valence-electron chi connectivity index (χ2n) is 11.3. The van der Waals surface area contributed by atoms with Crippen LogP contribution in [0.4, 0.5) is 5.69 Å². The fraction of sp³-hybridized carbons (Fsp3) is 0.774. The van der Waals surface area contributed by atoms with E-state index in [0.717, 1.165) is 55.7 Å². The van der Waals surface area contributed by atoms with Gasteiger partial charge in [-0.3, -0.25) is 14.9 Å². The van der Waals surface area contributed by atoms with Gasteiger partial charge in [-0.25, -0.2) is 0 Å². The smallest absolute Gasteiger partial charge is 0.269 e. The largest absolute Gasteiger partial charge is 0.331 e. The molecular weight excluding hydrogens is 462 g/mol. The summed E-state index contributed by atoms with van der Waals surface area (Å²) < 4.78 is 0.893. The second-order valence-corrected chi connectivity index (χ2v) is 11.3. The average molecular weight is 517 g/mol. The van der Waals surface area contributed by atoms with Crippen LogP contribution in [0.2, 0.25) is 0 Å². The first kappa shape index (κ1) is 31.3. The maximum atomic E-state index is 12.8. The molecule has 6 heteroatoms. The van der Waals surface area contributed by atoms with Crippen molar-refractivity contribution in [3.05, 3.63) is 39.9 Å². The zero-order valence-corrected chi connectivity index (χ0v) is 23.9. The SMILES string of the molecule is CCCCCCCCCCCCCCCCCC(=O)N1CC[N+](CC)(Cc2cccc([N+](=O)[O-])c2)CC1. The maximum absolute atomic E-state index is 12.8. The number of carbonyl (C=O) groups is 1. The Labute approximate surface area is 226 Å². The number of nitro groups is 1. The Morgan fingerprint density at radius 3 is 1.84 bits per heavy atom. The van der Waals surface area contributed by atoms with E-state index in [4.69, 9.17) is 0 Å². The molecule has 37 heavy (non-hydrogen) atoms. The topological polar surface area (TPSA) is 63.5 Å². The number of hydrogen-bond acceptors (Lipinski definition) is 3. The molecule has 0 unspecified atom stereocenters. The number of unbranched alkanes of at least 4 members (excludes halogenated alkanes) is 14. The van der Waals surface area contributed by atoms with Crippen LogP contribution < -0.4 is 0 Å². The lowest BCUT2D eigenvalue weighted by molar-refractivity contribution is -0.942. The van der Waals surface area contributed by atoms with Crippen LogP contribution in [0.5, 0.6) is 0 Å². The molecule has 1 amide bonds. The van der Waals surface area contributed by atoms with E-state index in [1.807, 2.05) is 11.0 Å². The minimum Gasteiger partial charge on any atom is -0.331 e. The van der Waals surface area contributed by atoms with E-state index >= 15 is 0 Å². The molecule has 1 saturated heterocycles. The van der Waals surface area contributed by atoms with Crippen LogP contribution in [0.25, 0.3) is 0 Å². The standard InChI is InChI=1S/C31H54N3O3/c1-3-5-6-7-8-9-10-11-12-13-14-15-16-17-18-22-31(35)32-23-25-34(4-2,26-24-32)28-29-20-19-21-30(27-29)33(36)37/h19-21,27H,3-18,22-26,28H2,1-2H3/q+1. The van der Waals surface area contributed by atoms with E-state index in [1.165, 1.54) is 89.9 Å². The highest BCUT2D eigenvalue weighted by atomic mass is 16.6. The van der Waals surface area contributed by atoms with Crippen LogP contribution in [0.1, 0.15) is 122 Å². The van der Waals surface area contributed by atoms with Crippen LogP contribution >= 0.6 is 0 Å². The minimum absolute atomic E-state index is 0.157. The third kappa shape index (κ3) is 12.4. The number of nitrogens with zero attached hydrogens (tertiary/aromatic N) is 3. The van der Waals surface area contributed by atoms with Gasteiger partial charge in [-0.1, -0.05) is 109 Å². The summed E-state index contributed by atoms with van der Waals surface area (Å²) in [7, 11) is 0. The van der Waals surface area contributed by atoms with Gasteiger partial charge in [0.05, 0.1) is 37.6 Å². The average Bonchev–Trinajstić information content (AvgIpc) is 2.91. The predicted octanol–water partition coefficient (Wildman–Crippen LogP) is 8.04. The third-order valence-corrected chi connectivity index (χ3v) is 8.35. The molecule has 1 aromatic carbocycles. The number of amides is 1. The molecule has 210 valence electrons. The van der Waals surface area contributed by atoms with Gasteiger partial charge >= 0.3 is 0 Å². The molecule has 0 bridgehead atoms. The van der Waals surface area contributed by atoms with Gasteiger partial charge in [0, 0.05) is 24.1 Å². The summed E-state index contributed by atoms with van der Waals surface area (Å²) in [6.45, 7) is 9.65. The van der Waals surface area contributed by atoms with Gasteiger partial charge in [-0.2, -0.15) is 0 Å². The van der Waals surface area contributed by atoms with Crippen LogP contribution in [-0.2, 0) is 11.3 Å². The first-order chi connectivity index (χ1) is 18.0. The Kier molecular flexibility index (Phi) is 15.5. The highest BCUT2D eigenvalue weighted by Gasteiger charge is 2.33. The molecule has 1 heterocycles. The quantitative estimate of drug-likeness (QED) is 0.0762. The molecule has 0 N–H and O–H groups in total. The van der Waals surface area contributed by atoms with Gasteiger partial charge in [0.15, 0.2) is 0 Å². The van der Waals surface area contributed by atoms with E-state index in [0.29, 0.717) is 12.3 Å². The summed E-state index contributed by atoms with van der Waals surface area (Å²) in [4.78, 5) is 25.6. The van der Waals surface area contributed by atoms with Crippen molar-refractivity contribution in [1.29, 1.82) is 0 Å². The zero-order chi connectivity index (χ0) is 26.8. The highest BCUT2D eigenvalue weighted by Crippen LogP contribution is 2.22. The van der Waals surface area contributed by atoms with Crippen molar-refractivity contribution in [2.75, 3.05) is 32.7 Å². The first-order valence-electron chi connectivity index (χ1n) is 15.4. The van der Waals surface area contributed by atoms with E-state index in [1.54, 1.807) is 18.2 Å². The van der Waals surface area contributed by atoms with Crippen molar-refractivity contribution in [2.45, 2.75) is 123 Å². The number of likely N-dealkylation sites (N-methyl/N-ethyl adjacent to an activating group) is 1. The lowest BCUT2D eigenvalue weighted by atomic mass is 10.0. The molecule has 0 saturated carbocycles. The van der Waals surface area contributed by atoms with Crippen molar-refractivity contribution >= 4 is 11.6 Å². The molecule has 2 rings (SSSR count). The number of non-ortho nitro benzene ring substituents is 1. The first-order valence-corrected chi connectivity index (χ1v) is 15.4. The van der Waals surface area contributed by atoms with Crippen molar-refractivity contribution < 1.29 is 14.2 Å². The molecule has 0 radical (unpaired) electrons. The number of nitro benzene ring substituents is 1. The molecule has 6 nitrogen and oxygen atoms in total. The number of benzene rings is 1. The molecular formula is C31H54N3O3+. The van der Waals surface area contributed by atoms with E-state index in [9.17, 15) is 14.9 Å². The number of carbonyl (C=O) groups excluding carboxylic acids is 1. The molecule has 1 aromatic rings. The van der Waals surface area contributed by atoms with Gasteiger partial charge in [0.2, 0.25) is 5.91 Å². The molecule has 0 spiro atoms. The number of hydrogen-bond donors (Lipinski definition) is 0. The lowest BCUT2D eigenvalue weighted by Gasteiger charge is -2.44. The molecule has 0 aliphatic carbocycles. The van der Waals surface area contributed by atoms with Gasteiger partial charge in [-0.05, 0) is 13.3 Å². The Morgan fingerprint density at radius 2 is 1.35 bits per heavy atom. The second kappa shape index (κ2) is 18.3. The summed E-state index contributed by atoms with van der Waals surface area (Å²) in [5.41, 5.74) is 1.16. The van der Waals surface area contributed by atoms with Crippen LogP contribution in [0, 0.1) is 10.1 Å². The normalized spacial score (nSPS) is 15.1. The van der Waals surface area contributed by atoms with Gasteiger partial charge in [0.1, 0.15) is 6.54 Å². The van der Waals surface area contributed by atoms with Crippen molar-refractivity contribution in [3.8, 4) is 0 Å². The van der Waals surface area contributed by atoms with Crippen LogP contribution in [0.3, 0.4) is 0 Å². The summed E-state index contributed by atoms with van der Waals surface area (Å²) in [6, 6.07) is 7.01. The summed E-state index contributed by atoms with van der Waals surface area (Å²) in [6.07, 6.45) is 20.8. The van der Waals surface area contributed by atoms with Gasteiger partial charge < -0.3 is 9.38 Å². The van der Waals surface area contributed by atoms with Crippen LogP contribution in [-0.4, -0.2) is 52.9 Å². The van der Waals surface area contributed by atoms with Crippen molar-refractivity contribution in [3.63, 3.8) is 0 Å². The van der Waals surface area contributed by atoms with Gasteiger partial charge in [0.25, 0.3) is 5.69 Å². The monoisotopic (exact) mass is 516 g/mol. The Morgan fingerprint density at radius 1 is 0.838 bits per heavy atom. The molecule has 1 aliphatic rings. The van der Waals surface area contributed by atoms with Crippen molar-refractivity contribution in [1.82, 2.24) is 4.90 Å². The summed E-state index contributed by atoms with van der Waals surface area (Å²) in [5, 5.41) is 11.1. The van der Waals surface area contributed by atoms with E-state index < -0.39 is 0 Å². The molecule has 0 aromatic heterocycles. The fourth-order valence-corrected chi connectivity index (χ4v) is 5.69. The number of piperazine rings is 1. The molecule has 1 aliphatic heterocycles. The predicted molar refractivity (Wildman–Crippen MR) is 153 cm³/mol. The number of quaternary nitrogens is 1. The maximum Gasteiger partial charge on any atom is 0.269 e. The third-order valence-electron chi connectivity index (χ3n) is 8.35. The molecule has 0 atom stereocenters. The summed E-state index contributed by atoms with van der Waals surface area (Å²) in [5.74, 6) is 0.305. The Hall–Kier alpha value is -1.95. The van der Waals surface area contributed by atoms with Crippen LogP contribution in [0.15, 0.2) is 24.3 Å². The van der Waals surface area contributed by atoms with Crippen molar-refractivity contribution in [2.24, 2.45) is 0 Å². The van der Waals surface area contributed by atoms with E-state index in [-0.39, 0.29) is 10.6 Å². The lowest BCUT2D eigenvalue weighted by Crippen LogP contribution is -2.59. The Bertz CT molecular complexity index is 775. The number of rotatable bonds is 20. The van der Waals surface area contributed by atoms with Gasteiger partial charge in [-0.15, -0.1) is 0 Å². The molecule has 1 fully saturated rings. The fourth-order valence-electron chi connectivity index (χ4n) is 5.69. The Balaban J connectivity index is 1.51. The minimum atomic E-state index is -0.325.